The molecule has 0 aliphatic heterocycles. The Labute approximate surface area is 161 Å². The molecule has 0 fully saturated rings. The number of aromatic nitrogens is 1. The second-order valence-corrected chi connectivity index (χ2v) is 6.19. The molecule has 1 atom stereocenters. The predicted octanol–water partition coefficient (Wildman–Crippen LogP) is 2.55. The van der Waals surface area contributed by atoms with E-state index in [0.29, 0.717) is 27.7 Å². The van der Waals surface area contributed by atoms with Gasteiger partial charge in [0, 0.05) is 16.6 Å². The second kappa shape index (κ2) is 8.30. The number of nitrogens with one attached hydrogen (secondary N) is 2. The number of amides is 2. The van der Waals surface area contributed by atoms with Gasteiger partial charge in [-0.3, -0.25) is 25.4 Å². The number of benzene rings is 2. The Bertz CT molecular complexity index is 1030. The first-order chi connectivity index (χ1) is 13.5. The number of carbonyl (C=O) groups excluding carboxylic acids is 3. The van der Waals surface area contributed by atoms with Gasteiger partial charge in [0.2, 0.25) is 0 Å². The average molecular weight is 377 g/mol. The lowest BCUT2D eigenvalue weighted by atomic mass is 10.1. The third-order valence-corrected chi connectivity index (χ3v) is 4.05. The van der Waals surface area contributed by atoms with Crippen molar-refractivity contribution in [2.24, 2.45) is 0 Å². The Morgan fingerprint density at radius 3 is 2.39 bits per heavy atom. The molecule has 2 N–H and O–H groups in total. The van der Waals surface area contributed by atoms with Gasteiger partial charge in [0.1, 0.15) is 0 Å². The van der Waals surface area contributed by atoms with Crippen molar-refractivity contribution < 1.29 is 19.1 Å². The highest BCUT2D eigenvalue weighted by Gasteiger charge is 2.21. The SMILES string of the molecule is Cc1cc(C(=O)O[C@@H](C)C(=O)NNC(=O)c2ccccc2)c2ccccc2n1. The maximum absolute atomic E-state index is 12.6. The predicted molar refractivity (Wildman–Crippen MR) is 103 cm³/mol. The summed E-state index contributed by atoms with van der Waals surface area (Å²) >= 11 is 0. The maximum atomic E-state index is 12.6. The van der Waals surface area contributed by atoms with E-state index in [1.807, 2.05) is 6.07 Å². The number of hydrogen-bond donors (Lipinski definition) is 2. The van der Waals surface area contributed by atoms with E-state index in [2.05, 4.69) is 15.8 Å². The second-order valence-electron chi connectivity index (χ2n) is 6.19. The molecule has 0 aliphatic rings. The van der Waals surface area contributed by atoms with E-state index in [1.165, 1.54) is 6.92 Å². The minimum absolute atomic E-state index is 0.330. The molecule has 142 valence electrons. The smallest absolute Gasteiger partial charge is 0.339 e. The number of aryl methyl sites for hydroxylation is 1. The molecule has 28 heavy (non-hydrogen) atoms. The van der Waals surface area contributed by atoms with Crippen LogP contribution in [0.2, 0.25) is 0 Å². The lowest BCUT2D eigenvalue weighted by Crippen LogP contribution is -2.46. The first kappa shape index (κ1) is 19.0. The lowest BCUT2D eigenvalue weighted by Gasteiger charge is -2.15. The van der Waals surface area contributed by atoms with Gasteiger partial charge >= 0.3 is 5.97 Å². The molecule has 7 nitrogen and oxygen atoms in total. The number of nitrogens with zero attached hydrogens (tertiary/aromatic N) is 1. The molecule has 0 unspecified atom stereocenters. The molecule has 0 saturated heterocycles. The highest BCUT2D eigenvalue weighted by atomic mass is 16.5. The first-order valence-electron chi connectivity index (χ1n) is 8.68. The van der Waals surface area contributed by atoms with Crippen LogP contribution in [0.3, 0.4) is 0 Å². The summed E-state index contributed by atoms with van der Waals surface area (Å²) < 4.78 is 5.27. The van der Waals surface area contributed by atoms with Gasteiger partial charge in [-0.2, -0.15) is 0 Å². The van der Waals surface area contributed by atoms with E-state index >= 15 is 0 Å². The first-order valence-corrected chi connectivity index (χ1v) is 8.68. The van der Waals surface area contributed by atoms with Crippen LogP contribution in [0, 0.1) is 6.92 Å². The monoisotopic (exact) mass is 377 g/mol. The standard InChI is InChI=1S/C21H19N3O4/c1-13-12-17(16-10-6-7-11-18(16)22-13)21(27)28-14(2)19(25)23-24-20(26)15-8-4-3-5-9-15/h3-12,14H,1-2H3,(H,23,25)(H,24,26)/t14-/m0/s1. The van der Waals surface area contributed by atoms with Crippen LogP contribution in [-0.4, -0.2) is 28.9 Å². The van der Waals surface area contributed by atoms with E-state index in [0.717, 1.165) is 0 Å². The normalized spacial score (nSPS) is 11.5. The summed E-state index contributed by atoms with van der Waals surface area (Å²) in [6.07, 6.45) is -1.10. The van der Waals surface area contributed by atoms with Crippen LogP contribution in [0.1, 0.15) is 33.3 Å². The summed E-state index contributed by atoms with van der Waals surface area (Å²) in [6.45, 7) is 3.20. The number of pyridine rings is 1. The van der Waals surface area contributed by atoms with Crippen molar-refractivity contribution in [1.82, 2.24) is 15.8 Å². The summed E-state index contributed by atoms with van der Waals surface area (Å²) in [6, 6.07) is 17.2. The zero-order chi connectivity index (χ0) is 20.1. The van der Waals surface area contributed by atoms with Crippen molar-refractivity contribution in [3.63, 3.8) is 0 Å². The van der Waals surface area contributed by atoms with E-state index in [4.69, 9.17) is 4.74 Å². The third-order valence-electron chi connectivity index (χ3n) is 4.05. The van der Waals surface area contributed by atoms with Gasteiger partial charge in [-0.05, 0) is 38.1 Å². The Morgan fingerprint density at radius 2 is 1.64 bits per heavy atom. The number of hydrogen-bond acceptors (Lipinski definition) is 5. The van der Waals surface area contributed by atoms with Crippen LogP contribution >= 0.6 is 0 Å². The summed E-state index contributed by atoms with van der Waals surface area (Å²) in [4.78, 5) is 41.1. The number of ether oxygens (including phenoxy) is 1. The van der Waals surface area contributed by atoms with Crippen molar-refractivity contribution in [3.05, 3.63) is 77.5 Å². The number of rotatable bonds is 4. The summed E-state index contributed by atoms with van der Waals surface area (Å²) in [5.41, 5.74) is 6.61. The number of hydrazine groups is 1. The molecule has 0 aliphatic carbocycles. The average Bonchev–Trinajstić information content (AvgIpc) is 2.71. The van der Waals surface area contributed by atoms with Gasteiger partial charge in [0.05, 0.1) is 11.1 Å². The number of fused-ring (bicyclic) bond motifs is 1. The van der Waals surface area contributed by atoms with E-state index in [-0.39, 0.29) is 0 Å². The zero-order valence-corrected chi connectivity index (χ0v) is 15.4. The molecule has 0 bridgehead atoms. The summed E-state index contributed by atoms with van der Waals surface area (Å²) in [7, 11) is 0. The van der Waals surface area contributed by atoms with Crippen molar-refractivity contribution in [2.45, 2.75) is 20.0 Å². The third kappa shape index (κ3) is 4.32. The van der Waals surface area contributed by atoms with E-state index < -0.39 is 23.9 Å². The molecule has 7 heteroatoms. The molecular weight excluding hydrogens is 358 g/mol. The van der Waals surface area contributed by atoms with Crippen LogP contribution in [-0.2, 0) is 9.53 Å². The Balaban J connectivity index is 1.64. The fourth-order valence-electron chi connectivity index (χ4n) is 2.64. The Kier molecular flexibility index (Phi) is 5.64. The maximum Gasteiger partial charge on any atom is 0.339 e. The number of para-hydroxylation sites is 1. The largest absolute Gasteiger partial charge is 0.449 e. The van der Waals surface area contributed by atoms with Crippen molar-refractivity contribution >= 4 is 28.7 Å². The molecule has 0 spiro atoms. The van der Waals surface area contributed by atoms with Gasteiger partial charge in [-0.25, -0.2) is 4.79 Å². The molecule has 1 aromatic heterocycles. The summed E-state index contributed by atoms with van der Waals surface area (Å²) in [5.74, 6) is -1.75. The number of esters is 1. The van der Waals surface area contributed by atoms with E-state index in [1.54, 1.807) is 61.5 Å². The molecule has 3 aromatic rings. The molecule has 1 heterocycles. The van der Waals surface area contributed by atoms with E-state index in [9.17, 15) is 14.4 Å². The van der Waals surface area contributed by atoms with Crippen LogP contribution in [0.5, 0.6) is 0 Å². The minimum Gasteiger partial charge on any atom is -0.449 e. The Morgan fingerprint density at radius 1 is 0.964 bits per heavy atom. The van der Waals surface area contributed by atoms with Crippen LogP contribution in [0.25, 0.3) is 10.9 Å². The topological polar surface area (TPSA) is 97.4 Å². The fourth-order valence-corrected chi connectivity index (χ4v) is 2.64. The fraction of sp³-hybridized carbons (Fsp3) is 0.143. The molecule has 2 aromatic carbocycles. The van der Waals surface area contributed by atoms with Gasteiger partial charge in [0.25, 0.3) is 11.8 Å². The van der Waals surface area contributed by atoms with Crippen LogP contribution < -0.4 is 10.9 Å². The summed E-state index contributed by atoms with van der Waals surface area (Å²) in [5, 5.41) is 0.642. The van der Waals surface area contributed by atoms with Crippen molar-refractivity contribution in [2.75, 3.05) is 0 Å². The Hall–Kier alpha value is -3.74. The molecule has 2 amide bonds. The van der Waals surface area contributed by atoms with Crippen molar-refractivity contribution in [3.8, 4) is 0 Å². The number of carbonyl (C=O) groups is 3. The highest BCUT2D eigenvalue weighted by molar-refractivity contribution is 6.04. The lowest BCUT2D eigenvalue weighted by molar-refractivity contribution is -0.129. The van der Waals surface area contributed by atoms with Gasteiger partial charge in [-0.15, -0.1) is 0 Å². The van der Waals surface area contributed by atoms with Crippen LogP contribution in [0.4, 0.5) is 0 Å². The minimum atomic E-state index is -1.10. The van der Waals surface area contributed by atoms with Gasteiger partial charge < -0.3 is 4.74 Å². The molecule has 0 saturated carbocycles. The van der Waals surface area contributed by atoms with Gasteiger partial charge in [0.15, 0.2) is 6.10 Å². The molecule has 3 rings (SSSR count). The quantitative estimate of drug-likeness (QED) is 0.538. The molecular formula is C21H19N3O4. The van der Waals surface area contributed by atoms with Gasteiger partial charge in [-0.1, -0.05) is 36.4 Å². The molecule has 0 radical (unpaired) electrons. The highest BCUT2D eigenvalue weighted by Crippen LogP contribution is 2.19. The van der Waals surface area contributed by atoms with Crippen LogP contribution in [0.15, 0.2) is 60.7 Å². The zero-order valence-electron chi connectivity index (χ0n) is 15.4. The van der Waals surface area contributed by atoms with Crippen molar-refractivity contribution in [1.29, 1.82) is 0 Å².